The zero-order chi connectivity index (χ0) is 17.1. The first kappa shape index (κ1) is 18.9. The van der Waals surface area contributed by atoms with Crippen LogP contribution in [-0.4, -0.2) is 23.5 Å². The fraction of sp³-hybridized carbons (Fsp3) is 0.474. The molecule has 0 spiro atoms. The smallest absolute Gasteiger partial charge is 0.371 e. The molecule has 4 nitrogen and oxygen atoms in total. The first-order valence-electron chi connectivity index (χ1n) is 8.23. The Morgan fingerprint density at radius 1 is 1.04 bits per heavy atom. The highest BCUT2D eigenvalue weighted by molar-refractivity contribution is 5.94. The van der Waals surface area contributed by atoms with E-state index in [2.05, 4.69) is 6.92 Å². The maximum Gasteiger partial charge on any atom is 0.371 e. The second-order valence-corrected chi connectivity index (χ2v) is 5.61. The Kier molecular flexibility index (Phi) is 8.73. The van der Waals surface area contributed by atoms with E-state index in [0.29, 0.717) is 17.7 Å². The molecule has 0 saturated heterocycles. The maximum atomic E-state index is 11.2. The van der Waals surface area contributed by atoms with Gasteiger partial charge in [-0.2, -0.15) is 0 Å². The van der Waals surface area contributed by atoms with Crippen LogP contribution in [0.25, 0.3) is 6.08 Å². The van der Waals surface area contributed by atoms with E-state index in [1.807, 2.05) is 0 Å². The van der Waals surface area contributed by atoms with E-state index in [9.17, 15) is 14.7 Å². The summed E-state index contributed by atoms with van der Waals surface area (Å²) < 4.78 is 5.39. The number of unbranched alkanes of at least 4 members (excludes halogenated alkanes) is 5. The molecule has 0 amide bonds. The number of rotatable bonds is 11. The van der Waals surface area contributed by atoms with Crippen molar-refractivity contribution < 1.29 is 19.4 Å². The SMILES string of the molecule is CCCCCCCCOC(=Cc1ccc(C(C)=O)cc1)C(=O)O. The topological polar surface area (TPSA) is 63.6 Å². The number of carbonyl (C=O) groups excluding carboxylic acids is 1. The number of carboxylic acids is 1. The summed E-state index contributed by atoms with van der Waals surface area (Å²) >= 11 is 0. The van der Waals surface area contributed by atoms with Crippen LogP contribution in [0.2, 0.25) is 0 Å². The van der Waals surface area contributed by atoms with Crippen molar-refractivity contribution in [2.45, 2.75) is 52.4 Å². The van der Waals surface area contributed by atoms with Crippen molar-refractivity contribution in [3.8, 4) is 0 Å². The molecule has 0 aliphatic rings. The zero-order valence-electron chi connectivity index (χ0n) is 14.0. The summed E-state index contributed by atoms with van der Waals surface area (Å²) in [6, 6.07) is 6.80. The summed E-state index contributed by atoms with van der Waals surface area (Å²) in [6.07, 6.45) is 8.25. The van der Waals surface area contributed by atoms with Crippen LogP contribution in [0, 0.1) is 0 Å². The second-order valence-electron chi connectivity index (χ2n) is 5.61. The third-order valence-electron chi connectivity index (χ3n) is 3.58. The molecular weight excluding hydrogens is 292 g/mol. The Morgan fingerprint density at radius 3 is 2.22 bits per heavy atom. The van der Waals surface area contributed by atoms with Crippen molar-refractivity contribution in [1.29, 1.82) is 0 Å². The van der Waals surface area contributed by atoms with Crippen LogP contribution < -0.4 is 0 Å². The fourth-order valence-corrected chi connectivity index (χ4v) is 2.20. The van der Waals surface area contributed by atoms with Gasteiger partial charge in [-0.3, -0.25) is 4.79 Å². The Balaban J connectivity index is 2.50. The average molecular weight is 318 g/mol. The van der Waals surface area contributed by atoms with E-state index in [4.69, 9.17) is 4.74 Å². The monoisotopic (exact) mass is 318 g/mol. The number of aliphatic carboxylic acids is 1. The summed E-state index contributed by atoms with van der Waals surface area (Å²) in [5.41, 5.74) is 1.31. The van der Waals surface area contributed by atoms with Gasteiger partial charge in [0, 0.05) is 5.56 Å². The molecule has 0 aliphatic carbocycles. The Hall–Kier alpha value is -2.10. The van der Waals surface area contributed by atoms with Gasteiger partial charge in [0.1, 0.15) is 0 Å². The lowest BCUT2D eigenvalue weighted by molar-refractivity contribution is -0.136. The van der Waals surface area contributed by atoms with Gasteiger partial charge in [0.15, 0.2) is 5.78 Å². The molecule has 0 unspecified atom stereocenters. The molecule has 126 valence electrons. The Morgan fingerprint density at radius 2 is 1.65 bits per heavy atom. The van der Waals surface area contributed by atoms with Crippen molar-refractivity contribution in [2.75, 3.05) is 6.61 Å². The summed E-state index contributed by atoms with van der Waals surface area (Å²) in [5.74, 6) is -1.15. The molecule has 23 heavy (non-hydrogen) atoms. The highest BCUT2D eigenvalue weighted by Gasteiger charge is 2.09. The molecule has 0 aliphatic heterocycles. The molecule has 0 atom stereocenters. The van der Waals surface area contributed by atoms with E-state index in [0.717, 1.165) is 19.3 Å². The van der Waals surface area contributed by atoms with Gasteiger partial charge < -0.3 is 9.84 Å². The minimum absolute atomic E-state index is 0.0155. The van der Waals surface area contributed by atoms with Gasteiger partial charge in [0.25, 0.3) is 0 Å². The minimum Gasteiger partial charge on any atom is -0.487 e. The van der Waals surface area contributed by atoms with Gasteiger partial charge in [-0.25, -0.2) is 4.79 Å². The Labute approximate surface area is 138 Å². The number of ketones is 1. The summed E-state index contributed by atoms with van der Waals surface area (Å²) in [4.78, 5) is 22.5. The second kappa shape index (κ2) is 10.6. The predicted octanol–water partition coefficient (Wildman–Crippen LogP) is 4.69. The molecule has 0 saturated carbocycles. The third-order valence-corrected chi connectivity index (χ3v) is 3.58. The van der Waals surface area contributed by atoms with Gasteiger partial charge >= 0.3 is 5.97 Å². The lowest BCUT2D eigenvalue weighted by atomic mass is 10.1. The number of hydrogen-bond donors (Lipinski definition) is 1. The molecule has 1 aromatic carbocycles. The normalized spacial score (nSPS) is 11.3. The van der Waals surface area contributed by atoms with Crippen molar-refractivity contribution in [3.63, 3.8) is 0 Å². The molecule has 0 heterocycles. The largest absolute Gasteiger partial charge is 0.487 e. The van der Waals surface area contributed by atoms with E-state index in [1.54, 1.807) is 24.3 Å². The molecule has 1 N–H and O–H groups in total. The lowest BCUT2D eigenvalue weighted by Gasteiger charge is -2.07. The van der Waals surface area contributed by atoms with Crippen LogP contribution in [0.15, 0.2) is 30.0 Å². The van der Waals surface area contributed by atoms with Crippen molar-refractivity contribution in [3.05, 3.63) is 41.2 Å². The van der Waals surface area contributed by atoms with Gasteiger partial charge in [-0.1, -0.05) is 63.3 Å². The summed E-state index contributed by atoms with van der Waals surface area (Å²) in [6.45, 7) is 4.09. The van der Waals surface area contributed by atoms with E-state index in [1.165, 1.54) is 32.3 Å². The number of Topliss-reactive ketones (excluding diaryl/α,β-unsaturated/α-hetero) is 1. The fourth-order valence-electron chi connectivity index (χ4n) is 2.20. The highest BCUT2D eigenvalue weighted by Crippen LogP contribution is 2.12. The maximum absolute atomic E-state index is 11.2. The van der Waals surface area contributed by atoms with Crippen LogP contribution in [0.1, 0.15) is 68.3 Å². The quantitative estimate of drug-likeness (QED) is 0.278. The van der Waals surface area contributed by atoms with Crippen LogP contribution in [0.3, 0.4) is 0 Å². The standard InChI is InChI=1S/C19H26O4/c1-3-4-5-6-7-8-13-23-18(19(21)22)14-16-9-11-17(12-10-16)15(2)20/h9-12,14H,3-8,13H2,1-2H3,(H,21,22). The number of ether oxygens (including phenoxy) is 1. The molecule has 1 aromatic rings. The lowest BCUT2D eigenvalue weighted by Crippen LogP contribution is -2.06. The van der Waals surface area contributed by atoms with Crippen LogP contribution in [0.5, 0.6) is 0 Å². The average Bonchev–Trinajstić information content (AvgIpc) is 2.53. The number of hydrogen-bond acceptors (Lipinski definition) is 3. The molecule has 4 heteroatoms. The molecule has 0 fully saturated rings. The van der Waals surface area contributed by atoms with Crippen LogP contribution in [-0.2, 0) is 9.53 Å². The van der Waals surface area contributed by atoms with Gasteiger partial charge in [-0.15, -0.1) is 0 Å². The number of carboxylic acid groups (broad SMARTS) is 1. The molecule has 0 bridgehead atoms. The number of benzene rings is 1. The number of carbonyl (C=O) groups is 2. The van der Waals surface area contributed by atoms with E-state index < -0.39 is 5.97 Å². The third kappa shape index (κ3) is 7.63. The van der Waals surface area contributed by atoms with Crippen molar-refractivity contribution >= 4 is 17.8 Å². The van der Waals surface area contributed by atoms with Gasteiger partial charge in [0.2, 0.25) is 5.76 Å². The van der Waals surface area contributed by atoms with Crippen LogP contribution >= 0.6 is 0 Å². The first-order valence-corrected chi connectivity index (χ1v) is 8.23. The zero-order valence-corrected chi connectivity index (χ0v) is 14.0. The van der Waals surface area contributed by atoms with Crippen molar-refractivity contribution in [2.24, 2.45) is 0 Å². The summed E-state index contributed by atoms with van der Waals surface area (Å²) in [7, 11) is 0. The van der Waals surface area contributed by atoms with E-state index >= 15 is 0 Å². The predicted molar refractivity (Wildman–Crippen MR) is 91.4 cm³/mol. The Bertz CT molecular complexity index is 529. The summed E-state index contributed by atoms with van der Waals surface area (Å²) in [5, 5.41) is 9.20. The highest BCUT2D eigenvalue weighted by atomic mass is 16.5. The van der Waals surface area contributed by atoms with Crippen molar-refractivity contribution in [1.82, 2.24) is 0 Å². The first-order chi connectivity index (χ1) is 11.0. The molecule has 1 rings (SSSR count). The minimum atomic E-state index is -1.08. The van der Waals surface area contributed by atoms with E-state index in [-0.39, 0.29) is 11.5 Å². The molecular formula is C19H26O4. The van der Waals surface area contributed by atoms with Gasteiger partial charge in [0.05, 0.1) is 6.61 Å². The molecule has 0 aromatic heterocycles. The van der Waals surface area contributed by atoms with Gasteiger partial charge in [-0.05, 0) is 25.0 Å². The molecule has 0 radical (unpaired) electrons. The van der Waals surface area contributed by atoms with Crippen LogP contribution in [0.4, 0.5) is 0 Å².